The Balaban J connectivity index is 2.15. The van der Waals surface area contributed by atoms with Crippen LogP contribution in [0.15, 0.2) is 39.8 Å². The van der Waals surface area contributed by atoms with Gasteiger partial charge in [0.25, 0.3) is 10.0 Å². The molecule has 20 heavy (non-hydrogen) atoms. The first-order chi connectivity index (χ1) is 9.42. The van der Waals surface area contributed by atoms with E-state index in [-0.39, 0.29) is 23.7 Å². The highest BCUT2D eigenvalue weighted by molar-refractivity contribution is 7.89. The molecule has 0 amide bonds. The molecule has 1 aromatic heterocycles. The molecule has 0 atom stereocenters. The minimum absolute atomic E-state index is 0.0635. The number of rotatable bonds is 5. The smallest absolute Gasteiger partial charge is 0.274 e. The van der Waals surface area contributed by atoms with E-state index < -0.39 is 21.7 Å². The SMILES string of the molecule is NCc1ccc(S(=O)(=O)NCc2cc(F)ccc2F)o1. The fourth-order valence-electron chi connectivity index (χ4n) is 1.54. The summed E-state index contributed by atoms with van der Waals surface area (Å²) in [6, 6.07) is 5.47. The van der Waals surface area contributed by atoms with Crippen LogP contribution < -0.4 is 10.5 Å². The minimum atomic E-state index is -3.94. The lowest BCUT2D eigenvalue weighted by atomic mass is 10.2. The Hall–Kier alpha value is -1.77. The second-order valence-corrected chi connectivity index (χ2v) is 5.68. The summed E-state index contributed by atoms with van der Waals surface area (Å²) >= 11 is 0. The molecule has 0 spiro atoms. The van der Waals surface area contributed by atoms with Crippen molar-refractivity contribution in [1.82, 2.24) is 4.72 Å². The molecule has 0 bridgehead atoms. The average molecular weight is 302 g/mol. The summed E-state index contributed by atoms with van der Waals surface area (Å²) in [4.78, 5) is 0. The van der Waals surface area contributed by atoms with E-state index in [1.807, 2.05) is 0 Å². The molecule has 8 heteroatoms. The largest absolute Gasteiger partial charge is 0.447 e. The fraction of sp³-hybridized carbons (Fsp3) is 0.167. The van der Waals surface area contributed by atoms with E-state index in [2.05, 4.69) is 4.72 Å². The normalized spacial score (nSPS) is 11.8. The van der Waals surface area contributed by atoms with E-state index in [1.54, 1.807) is 0 Å². The molecule has 0 radical (unpaired) electrons. The van der Waals surface area contributed by atoms with Crippen LogP contribution in [-0.2, 0) is 23.1 Å². The number of sulfonamides is 1. The zero-order chi connectivity index (χ0) is 14.8. The van der Waals surface area contributed by atoms with Gasteiger partial charge in [0.2, 0.25) is 5.09 Å². The van der Waals surface area contributed by atoms with Gasteiger partial charge in [-0.25, -0.2) is 21.9 Å². The molecule has 1 aromatic carbocycles. The highest BCUT2D eigenvalue weighted by atomic mass is 32.2. The lowest BCUT2D eigenvalue weighted by Gasteiger charge is -2.05. The van der Waals surface area contributed by atoms with Gasteiger partial charge in [0.1, 0.15) is 17.4 Å². The Kier molecular flexibility index (Phi) is 4.17. The molecule has 0 aliphatic heterocycles. The number of nitrogens with one attached hydrogen (secondary N) is 1. The van der Waals surface area contributed by atoms with Crippen LogP contribution in [0.5, 0.6) is 0 Å². The van der Waals surface area contributed by atoms with Gasteiger partial charge in [-0.15, -0.1) is 0 Å². The van der Waals surface area contributed by atoms with Gasteiger partial charge in [-0.05, 0) is 30.3 Å². The molecule has 0 aliphatic rings. The fourth-order valence-corrected chi connectivity index (χ4v) is 2.49. The zero-order valence-corrected chi connectivity index (χ0v) is 11.1. The second-order valence-electron chi connectivity index (χ2n) is 3.99. The number of benzene rings is 1. The van der Waals surface area contributed by atoms with Crippen LogP contribution in [0, 0.1) is 11.6 Å². The van der Waals surface area contributed by atoms with E-state index in [1.165, 1.54) is 12.1 Å². The van der Waals surface area contributed by atoms with Gasteiger partial charge in [0.05, 0.1) is 6.54 Å². The Morgan fingerprint density at radius 3 is 2.60 bits per heavy atom. The van der Waals surface area contributed by atoms with Crippen molar-refractivity contribution in [3.05, 3.63) is 53.3 Å². The summed E-state index contributed by atoms with van der Waals surface area (Å²) < 4.78 is 57.2. The molecular weight excluding hydrogens is 290 g/mol. The Bertz CT molecular complexity index is 713. The van der Waals surface area contributed by atoms with E-state index in [4.69, 9.17) is 10.2 Å². The minimum Gasteiger partial charge on any atom is -0.447 e. The van der Waals surface area contributed by atoms with Gasteiger partial charge in [-0.1, -0.05) is 0 Å². The maximum atomic E-state index is 13.4. The van der Waals surface area contributed by atoms with Crippen molar-refractivity contribution in [2.45, 2.75) is 18.2 Å². The van der Waals surface area contributed by atoms with Crippen LogP contribution >= 0.6 is 0 Å². The number of furan rings is 1. The van der Waals surface area contributed by atoms with Crippen LogP contribution in [0.1, 0.15) is 11.3 Å². The molecule has 2 rings (SSSR count). The Morgan fingerprint density at radius 1 is 1.20 bits per heavy atom. The first kappa shape index (κ1) is 14.6. The quantitative estimate of drug-likeness (QED) is 0.876. The topological polar surface area (TPSA) is 85.3 Å². The monoisotopic (exact) mass is 302 g/mol. The van der Waals surface area contributed by atoms with Gasteiger partial charge in [0.15, 0.2) is 0 Å². The predicted molar refractivity (Wildman–Crippen MR) is 67.0 cm³/mol. The molecule has 0 saturated heterocycles. The summed E-state index contributed by atoms with van der Waals surface area (Å²) in [7, 11) is -3.94. The van der Waals surface area contributed by atoms with Gasteiger partial charge in [-0.2, -0.15) is 0 Å². The van der Waals surface area contributed by atoms with Gasteiger partial charge < -0.3 is 10.2 Å². The molecule has 0 fully saturated rings. The first-order valence-electron chi connectivity index (χ1n) is 5.65. The van der Waals surface area contributed by atoms with Crippen LogP contribution in [0.3, 0.4) is 0 Å². The summed E-state index contributed by atoms with van der Waals surface area (Å²) in [5, 5.41) is -0.324. The van der Waals surface area contributed by atoms with Crippen molar-refractivity contribution in [1.29, 1.82) is 0 Å². The van der Waals surface area contributed by atoms with Gasteiger partial charge in [-0.3, -0.25) is 0 Å². The molecule has 1 heterocycles. The van der Waals surface area contributed by atoms with Crippen LogP contribution in [-0.4, -0.2) is 8.42 Å². The summed E-state index contributed by atoms with van der Waals surface area (Å²) in [6.45, 7) is -0.321. The number of halogens is 2. The standard InChI is InChI=1S/C12H12F2N2O3S/c13-9-1-3-11(14)8(5-9)7-16-20(17,18)12-4-2-10(6-15)19-12/h1-5,16H,6-7,15H2. The lowest BCUT2D eigenvalue weighted by molar-refractivity contribution is 0.412. The van der Waals surface area contributed by atoms with Crippen molar-refractivity contribution < 1.29 is 21.6 Å². The Morgan fingerprint density at radius 2 is 1.95 bits per heavy atom. The van der Waals surface area contributed by atoms with Gasteiger partial charge >= 0.3 is 0 Å². The summed E-state index contributed by atoms with van der Waals surface area (Å²) in [6.07, 6.45) is 0. The van der Waals surface area contributed by atoms with Crippen molar-refractivity contribution >= 4 is 10.0 Å². The van der Waals surface area contributed by atoms with E-state index in [0.29, 0.717) is 5.76 Å². The second kappa shape index (κ2) is 5.70. The third-order valence-electron chi connectivity index (χ3n) is 2.56. The summed E-state index contributed by atoms with van der Waals surface area (Å²) in [5.74, 6) is -1.04. The summed E-state index contributed by atoms with van der Waals surface area (Å²) in [5.41, 5.74) is 5.21. The first-order valence-corrected chi connectivity index (χ1v) is 7.13. The Labute approximate surface area is 114 Å². The van der Waals surface area contributed by atoms with Gasteiger partial charge in [0, 0.05) is 12.1 Å². The van der Waals surface area contributed by atoms with Crippen LogP contribution in [0.25, 0.3) is 0 Å². The third-order valence-corrected chi connectivity index (χ3v) is 3.84. The highest BCUT2D eigenvalue weighted by Crippen LogP contribution is 2.15. The molecule has 5 nitrogen and oxygen atoms in total. The van der Waals surface area contributed by atoms with E-state index >= 15 is 0 Å². The number of nitrogens with two attached hydrogens (primary N) is 1. The predicted octanol–water partition coefficient (Wildman–Crippen LogP) is 1.50. The van der Waals surface area contributed by atoms with E-state index in [0.717, 1.165) is 18.2 Å². The molecule has 108 valence electrons. The zero-order valence-electron chi connectivity index (χ0n) is 10.3. The molecular formula is C12H12F2N2O3S. The van der Waals surface area contributed by atoms with Crippen LogP contribution in [0.2, 0.25) is 0 Å². The van der Waals surface area contributed by atoms with Crippen molar-refractivity contribution in [3.63, 3.8) is 0 Å². The molecule has 0 unspecified atom stereocenters. The maximum Gasteiger partial charge on any atom is 0.274 e. The molecule has 3 N–H and O–H groups in total. The van der Waals surface area contributed by atoms with Crippen LogP contribution in [0.4, 0.5) is 8.78 Å². The van der Waals surface area contributed by atoms with Crippen molar-refractivity contribution in [3.8, 4) is 0 Å². The molecule has 2 aromatic rings. The molecule has 0 aliphatic carbocycles. The van der Waals surface area contributed by atoms with Crippen molar-refractivity contribution in [2.75, 3.05) is 0 Å². The molecule has 0 saturated carbocycles. The third kappa shape index (κ3) is 3.21. The average Bonchev–Trinajstić information content (AvgIpc) is 2.89. The van der Waals surface area contributed by atoms with E-state index in [9.17, 15) is 17.2 Å². The maximum absolute atomic E-state index is 13.4. The lowest BCUT2D eigenvalue weighted by Crippen LogP contribution is -2.23. The number of hydrogen-bond donors (Lipinski definition) is 2. The highest BCUT2D eigenvalue weighted by Gasteiger charge is 2.19. The number of hydrogen-bond acceptors (Lipinski definition) is 4. The van der Waals surface area contributed by atoms with Crippen molar-refractivity contribution in [2.24, 2.45) is 5.73 Å².